The molecule has 0 saturated heterocycles. The number of thioether (sulfide) groups is 2. The summed E-state index contributed by atoms with van der Waals surface area (Å²) in [4.78, 5) is 4.86. The van der Waals surface area contributed by atoms with Crippen molar-refractivity contribution in [2.75, 3.05) is 18.1 Å². The summed E-state index contributed by atoms with van der Waals surface area (Å²) in [7, 11) is 0. The first kappa shape index (κ1) is 14.1. The minimum absolute atomic E-state index is 0.576. The summed E-state index contributed by atoms with van der Waals surface area (Å²) < 4.78 is 0. The van der Waals surface area contributed by atoms with Crippen molar-refractivity contribution in [3.05, 3.63) is 0 Å². The zero-order valence-corrected chi connectivity index (χ0v) is 13.6. The third-order valence-electron chi connectivity index (χ3n) is 4.85. The van der Waals surface area contributed by atoms with E-state index in [1.54, 1.807) is 0 Å². The van der Waals surface area contributed by atoms with Crippen LogP contribution in [0.25, 0.3) is 0 Å². The number of nitrogens with one attached hydrogen (secondary N) is 1. The van der Waals surface area contributed by atoms with Gasteiger partial charge in [0.2, 0.25) is 0 Å². The predicted molar refractivity (Wildman–Crippen MR) is 88.4 cm³/mol. The molecule has 1 spiro atoms. The van der Waals surface area contributed by atoms with E-state index in [1.165, 1.54) is 61.6 Å². The van der Waals surface area contributed by atoms with E-state index in [1.807, 2.05) is 11.8 Å². The molecule has 1 aliphatic heterocycles. The first-order valence-electron chi connectivity index (χ1n) is 7.85. The fourth-order valence-corrected chi connectivity index (χ4v) is 6.07. The molecule has 108 valence electrons. The number of rotatable bonds is 3. The molecule has 0 amide bonds. The highest BCUT2D eigenvalue weighted by atomic mass is 32.2. The first-order valence-corrected chi connectivity index (χ1v) is 9.88. The molecular weight excluding hydrogens is 272 g/mol. The maximum Gasteiger partial charge on any atom is 0.156 e. The summed E-state index contributed by atoms with van der Waals surface area (Å²) in [6, 6.07) is 0.688. The average Bonchev–Trinajstić information content (AvgIpc) is 3.04. The highest BCUT2D eigenvalue weighted by Gasteiger charge is 2.37. The van der Waals surface area contributed by atoms with Crippen molar-refractivity contribution in [2.45, 2.75) is 63.2 Å². The van der Waals surface area contributed by atoms with Crippen LogP contribution in [0.4, 0.5) is 0 Å². The van der Waals surface area contributed by atoms with Crippen LogP contribution in [-0.4, -0.2) is 34.5 Å². The second-order valence-corrected chi connectivity index (χ2v) is 8.89. The third-order valence-corrected chi connectivity index (χ3v) is 7.36. The van der Waals surface area contributed by atoms with Crippen molar-refractivity contribution < 1.29 is 0 Å². The summed E-state index contributed by atoms with van der Waals surface area (Å²) in [5, 5.41) is 5.84. The lowest BCUT2D eigenvalue weighted by Gasteiger charge is -2.31. The minimum atomic E-state index is 0.576. The Hall–Kier alpha value is 0.170. The summed E-state index contributed by atoms with van der Waals surface area (Å²) in [5.41, 5.74) is 0.576. The second-order valence-electron chi connectivity index (χ2n) is 6.35. The largest absolute Gasteiger partial charge is 0.362 e. The van der Waals surface area contributed by atoms with Crippen molar-refractivity contribution in [3.63, 3.8) is 0 Å². The molecule has 2 nitrogen and oxygen atoms in total. The van der Waals surface area contributed by atoms with Gasteiger partial charge in [-0.1, -0.05) is 31.5 Å². The molecule has 1 heterocycles. The summed E-state index contributed by atoms with van der Waals surface area (Å²) in [6.45, 7) is 3.36. The van der Waals surface area contributed by atoms with Gasteiger partial charge in [-0.15, -0.1) is 0 Å². The Morgan fingerprint density at radius 3 is 2.89 bits per heavy atom. The Balaban J connectivity index is 1.48. The summed E-state index contributed by atoms with van der Waals surface area (Å²) in [5.74, 6) is 2.56. The molecule has 3 aliphatic rings. The Morgan fingerprint density at radius 1 is 1.37 bits per heavy atom. The molecule has 3 rings (SSSR count). The van der Waals surface area contributed by atoms with E-state index in [0.717, 1.165) is 11.8 Å². The summed E-state index contributed by atoms with van der Waals surface area (Å²) >= 11 is 4.13. The van der Waals surface area contributed by atoms with Gasteiger partial charge in [0, 0.05) is 23.6 Å². The normalized spacial score (nSPS) is 33.6. The zero-order valence-electron chi connectivity index (χ0n) is 12.0. The van der Waals surface area contributed by atoms with Gasteiger partial charge in [-0.05, 0) is 43.3 Å². The van der Waals surface area contributed by atoms with Gasteiger partial charge < -0.3 is 5.32 Å². The van der Waals surface area contributed by atoms with Gasteiger partial charge in [-0.2, -0.15) is 11.8 Å². The summed E-state index contributed by atoms with van der Waals surface area (Å²) in [6.07, 6.45) is 9.74. The van der Waals surface area contributed by atoms with Crippen LogP contribution in [0.1, 0.15) is 51.9 Å². The lowest BCUT2D eigenvalue weighted by molar-refractivity contribution is 0.358. The van der Waals surface area contributed by atoms with Crippen molar-refractivity contribution >= 4 is 28.7 Å². The third kappa shape index (κ3) is 3.44. The van der Waals surface area contributed by atoms with Crippen molar-refractivity contribution in [1.82, 2.24) is 5.32 Å². The molecule has 2 fully saturated rings. The van der Waals surface area contributed by atoms with Gasteiger partial charge in [0.25, 0.3) is 0 Å². The Labute approximate surface area is 126 Å². The molecule has 0 aromatic rings. The Bertz CT molecular complexity index is 337. The van der Waals surface area contributed by atoms with Gasteiger partial charge in [0.15, 0.2) is 5.17 Å². The van der Waals surface area contributed by atoms with Gasteiger partial charge in [-0.25, -0.2) is 0 Å². The molecule has 0 aromatic carbocycles. The van der Waals surface area contributed by atoms with Crippen LogP contribution in [0.5, 0.6) is 0 Å². The maximum atomic E-state index is 4.86. The molecule has 1 N–H and O–H groups in total. The number of nitrogens with zero attached hydrogens (tertiary/aromatic N) is 1. The van der Waals surface area contributed by atoms with E-state index in [9.17, 15) is 0 Å². The molecule has 2 atom stereocenters. The standard InChI is InChI=1S/C15H26N2S2/c1-2-18-13-6-5-12(9-13)17-14-16-10-15(11-19-14)7-3-4-8-15/h12-13H,2-11H2,1H3,(H,16,17). The number of hydrogen-bond acceptors (Lipinski definition) is 4. The lowest BCUT2D eigenvalue weighted by Crippen LogP contribution is -2.37. The molecule has 0 radical (unpaired) electrons. The number of aliphatic imine (C=N–C) groups is 1. The molecule has 19 heavy (non-hydrogen) atoms. The van der Waals surface area contributed by atoms with Crippen LogP contribution in [0.3, 0.4) is 0 Å². The van der Waals surface area contributed by atoms with Crippen LogP contribution in [0.2, 0.25) is 0 Å². The van der Waals surface area contributed by atoms with Crippen LogP contribution < -0.4 is 5.32 Å². The fourth-order valence-electron chi connectivity index (χ4n) is 3.70. The minimum Gasteiger partial charge on any atom is -0.362 e. The monoisotopic (exact) mass is 298 g/mol. The molecule has 2 unspecified atom stereocenters. The quantitative estimate of drug-likeness (QED) is 0.855. The van der Waals surface area contributed by atoms with Gasteiger partial charge in [0.05, 0.1) is 0 Å². The van der Waals surface area contributed by atoms with E-state index in [4.69, 9.17) is 4.99 Å². The van der Waals surface area contributed by atoms with E-state index in [-0.39, 0.29) is 0 Å². The Kier molecular flexibility index (Phi) is 4.68. The van der Waals surface area contributed by atoms with Crippen LogP contribution in [0, 0.1) is 5.41 Å². The second kappa shape index (κ2) is 6.30. The highest BCUT2D eigenvalue weighted by Crippen LogP contribution is 2.43. The van der Waals surface area contributed by atoms with E-state index in [0.29, 0.717) is 11.5 Å². The zero-order chi connectivity index (χ0) is 13.1. The Morgan fingerprint density at radius 2 is 2.21 bits per heavy atom. The average molecular weight is 299 g/mol. The molecule has 0 aromatic heterocycles. The predicted octanol–water partition coefficient (Wildman–Crippen LogP) is 3.91. The maximum absolute atomic E-state index is 4.86. The van der Waals surface area contributed by atoms with E-state index < -0.39 is 0 Å². The van der Waals surface area contributed by atoms with Gasteiger partial charge in [-0.3, -0.25) is 4.99 Å². The number of hydrogen-bond donors (Lipinski definition) is 1. The van der Waals surface area contributed by atoms with Crippen LogP contribution in [0.15, 0.2) is 4.99 Å². The van der Waals surface area contributed by atoms with E-state index in [2.05, 4.69) is 24.0 Å². The lowest BCUT2D eigenvalue weighted by atomic mass is 9.89. The molecule has 2 saturated carbocycles. The molecule has 4 heteroatoms. The van der Waals surface area contributed by atoms with E-state index >= 15 is 0 Å². The smallest absolute Gasteiger partial charge is 0.156 e. The van der Waals surface area contributed by atoms with Gasteiger partial charge in [0.1, 0.15) is 0 Å². The van der Waals surface area contributed by atoms with Crippen molar-refractivity contribution in [1.29, 1.82) is 0 Å². The molecular formula is C15H26N2S2. The number of amidine groups is 1. The highest BCUT2D eigenvalue weighted by molar-refractivity contribution is 8.13. The van der Waals surface area contributed by atoms with Crippen LogP contribution >= 0.6 is 23.5 Å². The molecule has 2 aliphatic carbocycles. The topological polar surface area (TPSA) is 24.4 Å². The van der Waals surface area contributed by atoms with Crippen molar-refractivity contribution in [2.24, 2.45) is 10.4 Å². The van der Waals surface area contributed by atoms with Crippen molar-refractivity contribution in [3.8, 4) is 0 Å². The molecule has 0 bridgehead atoms. The van der Waals surface area contributed by atoms with Crippen LogP contribution in [-0.2, 0) is 0 Å². The SMILES string of the molecule is CCSC1CCC(NC2=NCC3(CCCC3)CS2)C1. The fraction of sp³-hybridized carbons (Fsp3) is 0.933. The van der Waals surface area contributed by atoms with Gasteiger partial charge >= 0.3 is 0 Å². The first-order chi connectivity index (χ1) is 9.30.